The highest BCUT2D eigenvalue weighted by atomic mass is 35.5. The fourth-order valence-corrected chi connectivity index (χ4v) is 2.25. The number of hydrogen-bond donors (Lipinski definition) is 2. The Labute approximate surface area is 124 Å². The smallest absolute Gasteiger partial charge is 0.151 e. The molecule has 0 bridgehead atoms. The van der Waals surface area contributed by atoms with Crippen molar-refractivity contribution in [3.8, 4) is 0 Å². The van der Waals surface area contributed by atoms with E-state index < -0.39 is 0 Å². The van der Waals surface area contributed by atoms with E-state index in [-0.39, 0.29) is 0 Å². The fraction of sp³-hybridized carbons (Fsp3) is 0.571. The molecule has 0 aliphatic heterocycles. The Morgan fingerprint density at radius 1 is 1.40 bits per heavy atom. The van der Waals surface area contributed by atoms with Gasteiger partial charge in [-0.05, 0) is 25.5 Å². The number of imidazole rings is 1. The van der Waals surface area contributed by atoms with E-state index in [9.17, 15) is 0 Å². The summed E-state index contributed by atoms with van der Waals surface area (Å²) < 4.78 is 1.94. The van der Waals surface area contributed by atoms with Crippen LogP contribution in [0.15, 0.2) is 18.5 Å². The van der Waals surface area contributed by atoms with Gasteiger partial charge in [-0.1, -0.05) is 24.9 Å². The quantitative estimate of drug-likeness (QED) is 0.699. The van der Waals surface area contributed by atoms with Crippen molar-refractivity contribution < 1.29 is 0 Å². The van der Waals surface area contributed by atoms with Crippen LogP contribution in [0.4, 0.5) is 0 Å². The van der Waals surface area contributed by atoms with Crippen LogP contribution in [0.2, 0.25) is 5.15 Å². The molecule has 2 aromatic heterocycles. The van der Waals surface area contributed by atoms with Crippen molar-refractivity contribution in [2.75, 3.05) is 6.54 Å². The molecule has 0 aliphatic carbocycles. The third-order valence-electron chi connectivity index (χ3n) is 3.15. The predicted octanol–water partition coefficient (Wildman–Crippen LogP) is 2.78. The van der Waals surface area contributed by atoms with Gasteiger partial charge < -0.3 is 10.3 Å². The lowest BCUT2D eigenvalue weighted by atomic mass is 10.2. The molecule has 0 spiro atoms. The first-order chi connectivity index (χ1) is 9.79. The Balaban J connectivity index is 1.67. The van der Waals surface area contributed by atoms with E-state index in [1.807, 2.05) is 16.9 Å². The first-order valence-corrected chi connectivity index (χ1v) is 7.58. The SMILES string of the molecule is CCCCc1nc(Cl)c(CNCCCn2cccn2)[nH]1. The van der Waals surface area contributed by atoms with Crippen LogP contribution in [0.5, 0.6) is 0 Å². The third-order valence-corrected chi connectivity index (χ3v) is 3.46. The first-order valence-electron chi connectivity index (χ1n) is 7.21. The van der Waals surface area contributed by atoms with E-state index in [0.717, 1.165) is 50.4 Å². The highest BCUT2D eigenvalue weighted by Gasteiger charge is 2.07. The highest BCUT2D eigenvalue weighted by Crippen LogP contribution is 2.13. The van der Waals surface area contributed by atoms with Crippen molar-refractivity contribution in [3.05, 3.63) is 35.1 Å². The van der Waals surface area contributed by atoms with Crippen molar-refractivity contribution in [2.45, 2.75) is 45.7 Å². The van der Waals surface area contributed by atoms with E-state index in [1.54, 1.807) is 6.20 Å². The van der Waals surface area contributed by atoms with Crippen molar-refractivity contribution in [1.29, 1.82) is 0 Å². The maximum absolute atomic E-state index is 6.12. The normalized spacial score (nSPS) is 11.1. The standard InChI is InChI=1S/C14H22ClN5/c1-2-3-6-13-18-12(14(15)19-13)11-16-7-4-9-20-10-5-8-17-20/h5,8,10,16H,2-4,6-7,9,11H2,1H3,(H,18,19). The van der Waals surface area contributed by atoms with Crippen LogP contribution in [0.3, 0.4) is 0 Å². The number of unbranched alkanes of at least 4 members (excludes halogenated alkanes) is 1. The lowest BCUT2D eigenvalue weighted by Gasteiger charge is -2.04. The molecule has 0 radical (unpaired) electrons. The van der Waals surface area contributed by atoms with Crippen LogP contribution in [-0.4, -0.2) is 26.3 Å². The minimum absolute atomic E-state index is 0.593. The Kier molecular flexibility index (Phi) is 6.08. The highest BCUT2D eigenvalue weighted by molar-refractivity contribution is 6.30. The van der Waals surface area contributed by atoms with Crippen LogP contribution in [0.25, 0.3) is 0 Å². The average Bonchev–Trinajstić information content (AvgIpc) is 3.06. The number of aromatic nitrogens is 4. The molecule has 110 valence electrons. The Morgan fingerprint density at radius 3 is 3.05 bits per heavy atom. The minimum Gasteiger partial charge on any atom is -0.344 e. The summed E-state index contributed by atoms with van der Waals surface area (Å²) in [6.07, 6.45) is 8.09. The molecular formula is C14H22ClN5. The lowest BCUT2D eigenvalue weighted by molar-refractivity contribution is 0.541. The molecule has 0 aliphatic rings. The topological polar surface area (TPSA) is 58.5 Å². The summed E-state index contributed by atoms with van der Waals surface area (Å²) in [6.45, 7) is 4.77. The van der Waals surface area contributed by atoms with E-state index in [4.69, 9.17) is 11.6 Å². The number of hydrogen-bond acceptors (Lipinski definition) is 3. The van der Waals surface area contributed by atoms with Crippen molar-refractivity contribution in [1.82, 2.24) is 25.1 Å². The largest absolute Gasteiger partial charge is 0.344 e. The number of nitrogens with one attached hydrogen (secondary N) is 2. The van der Waals surface area contributed by atoms with Gasteiger partial charge in [0.05, 0.1) is 5.69 Å². The predicted molar refractivity (Wildman–Crippen MR) is 80.8 cm³/mol. The molecule has 2 heterocycles. The fourth-order valence-electron chi connectivity index (χ4n) is 2.03. The van der Waals surface area contributed by atoms with Crippen LogP contribution in [-0.2, 0) is 19.5 Å². The number of aryl methyl sites for hydroxylation is 2. The molecule has 2 aromatic rings. The number of nitrogens with zero attached hydrogens (tertiary/aromatic N) is 3. The van der Waals surface area contributed by atoms with Gasteiger partial charge in [0.1, 0.15) is 5.82 Å². The summed E-state index contributed by atoms with van der Waals surface area (Å²) in [5.74, 6) is 0.991. The molecule has 6 heteroatoms. The van der Waals surface area contributed by atoms with Crippen molar-refractivity contribution >= 4 is 11.6 Å². The molecule has 0 fully saturated rings. The maximum Gasteiger partial charge on any atom is 0.151 e. The Bertz CT molecular complexity index is 492. The van der Waals surface area contributed by atoms with Gasteiger partial charge in [0, 0.05) is 31.9 Å². The zero-order valence-corrected chi connectivity index (χ0v) is 12.7. The minimum atomic E-state index is 0.593. The van der Waals surface area contributed by atoms with Gasteiger partial charge in [-0.3, -0.25) is 4.68 Å². The summed E-state index contributed by atoms with van der Waals surface area (Å²) in [5.41, 5.74) is 0.983. The molecular weight excluding hydrogens is 274 g/mol. The van der Waals surface area contributed by atoms with E-state index in [0.29, 0.717) is 5.15 Å². The van der Waals surface area contributed by atoms with Crippen LogP contribution >= 0.6 is 11.6 Å². The van der Waals surface area contributed by atoms with Crippen LogP contribution in [0.1, 0.15) is 37.7 Å². The summed E-state index contributed by atoms with van der Waals surface area (Å²) in [7, 11) is 0. The number of rotatable bonds is 9. The molecule has 0 saturated heterocycles. The van der Waals surface area contributed by atoms with Gasteiger partial charge in [-0.25, -0.2) is 4.98 Å². The molecule has 0 atom stereocenters. The number of aromatic amines is 1. The molecule has 20 heavy (non-hydrogen) atoms. The molecule has 2 N–H and O–H groups in total. The molecule has 0 amide bonds. The zero-order valence-electron chi connectivity index (χ0n) is 11.9. The Hall–Kier alpha value is -1.33. The summed E-state index contributed by atoms with van der Waals surface area (Å²) in [5, 5.41) is 8.14. The van der Waals surface area contributed by atoms with Gasteiger partial charge in [0.2, 0.25) is 0 Å². The second kappa shape index (κ2) is 8.07. The zero-order chi connectivity index (χ0) is 14.2. The first kappa shape index (κ1) is 15.1. The summed E-state index contributed by atoms with van der Waals surface area (Å²) >= 11 is 6.12. The summed E-state index contributed by atoms with van der Waals surface area (Å²) in [6, 6.07) is 1.94. The third kappa shape index (κ3) is 4.65. The van der Waals surface area contributed by atoms with Gasteiger partial charge >= 0.3 is 0 Å². The van der Waals surface area contributed by atoms with Crippen LogP contribution < -0.4 is 5.32 Å². The lowest BCUT2D eigenvalue weighted by Crippen LogP contribution is -2.17. The van der Waals surface area contributed by atoms with E-state index >= 15 is 0 Å². The molecule has 0 unspecified atom stereocenters. The molecule has 0 aromatic carbocycles. The monoisotopic (exact) mass is 295 g/mol. The summed E-state index contributed by atoms with van der Waals surface area (Å²) in [4.78, 5) is 7.64. The van der Waals surface area contributed by atoms with Gasteiger partial charge in [-0.2, -0.15) is 5.10 Å². The van der Waals surface area contributed by atoms with Gasteiger partial charge in [0.15, 0.2) is 5.15 Å². The second-order valence-corrected chi connectivity index (χ2v) is 5.21. The second-order valence-electron chi connectivity index (χ2n) is 4.86. The Morgan fingerprint density at radius 2 is 2.30 bits per heavy atom. The average molecular weight is 296 g/mol. The van der Waals surface area contributed by atoms with E-state index in [2.05, 4.69) is 27.3 Å². The van der Waals surface area contributed by atoms with Gasteiger partial charge in [0.25, 0.3) is 0 Å². The number of halogens is 1. The molecule has 5 nitrogen and oxygen atoms in total. The van der Waals surface area contributed by atoms with Crippen LogP contribution in [0, 0.1) is 0 Å². The number of H-pyrrole nitrogens is 1. The van der Waals surface area contributed by atoms with Crippen molar-refractivity contribution in [3.63, 3.8) is 0 Å². The maximum atomic E-state index is 6.12. The molecule has 2 rings (SSSR count). The molecule has 0 saturated carbocycles. The van der Waals surface area contributed by atoms with Gasteiger partial charge in [-0.15, -0.1) is 0 Å². The van der Waals surface area contributed by atoms with Crippen molar-refractivity contribution in [2.24, 2.45) is 0 Å². The van der Waals surface area contributed by atoms with E-state index in [1.165, 1.54) is 6.42 Å².